The summed E-state index contributed by atoms with van der Waals surface area (Å²) in [7, 11) is 0. The fourth-order valence-corrected chi connectivity index (χ4v) is 6.63. The molecule has 0 aliphatic heterocycles. The Morgan fingerprint density at radius 1 is 0.313 bits per heavy atom. The summed E-state index contributed by atoms with van der Waals surface area (Å²) in [5.41, 5.74) is 0. The van der Waals surface area contributed by atoms with Crippen molar-refractivity contribution in [2.24, 2.45) is 0 Å². The van der Waals surface area contributed by atoms with Crippen LogP contribution in [0.15, 0.2) is 146 Å². The van der Waals surface area contributed by atoms with Crippen molar-refractivity contribution in [2.45, 2.75) is 207 Å². The van der Waals surface area contributed by atoms with E-state index in [2.05, 4.69) is 118 Å². The Bertz CT molecular complexity index is 1530. The van der Waals surface area contributed by atoms with Crippen molar-refractivity contribution in [3.8, 4) is 0 Å². The van der Waals surface area contributed by atoms with Gasteiger partial charge in [0.15, 0.2) is 6.10 Å². The van der Waals surface area contributed by atoms with Gasteiger partial charge in [-0.15, -0.1) is 0 Å². The zero-order valence-corrected chi connectivity index (χ0v) is 42.6. The molecule has 0 bridgehead atoms. The van der Waals surface area contributed by atoms with Crippen LogP contribution < -0.4 is 0 Å². The molecule has 0 saturated carbocycles. The van der Waals surface area contributed by atoms with Crippen LogP contribution in [0.4, 0.5) is 0 Å². The average Bonchev–Trinajstić information content (AvgIpc) is 3.33. The first-order chi connectivity index (χ1) is 33.0. The van der Waals surface area contributed by atoms with Gasteiger partial charge in [-0.25, -0.2) is 0 Å². The van der Waals surface area contributed by atoms with Gasteiger partial charge < -0.3 is 14.2 Å². The highest BCUT2D eigenvalue weighted by Crippen LogP contribution is 2.13. The lowest BCUT2D eigenvalue weighted by atomic mass is 10.1. The van der Waals surface area contributed by atoms with Crippen LogP contribution in [0.5, 0.6) is 0 Å². The van der Waals surface area contributed by atoms with Crippen LogP contribution in [-0.2, 0) is 28.6 Å². The van der Waals surface area contributed by atoms with E-state index in [1.165, 1.54) is 12.8 Å². The summed E-state index contributed by atoms with van der Waals surface area (Å²) in [4.78, 5) is 38.1. The maximum atomic E-state index is 12.8. The highest BCUT2D eigenvalue weighted by atomic mass is 16.6. The molecular formula is C61H94O6. The van der Waals surface area contributed by atoms with Crippen molar-refractivity contribution in [3.05, 3.63) is 146 Å². The third-order valence-corrected chi connectivity index (χ3v) is 10.5. The molecule has 0 radical (unpaired) electrons. The molecular weight excluding hydrogens is 829 g/mol. The fourth-order valence-electron chi connectivity index (χ4n) is 6.63. The Balaban J connectivity index is 4.52. The monoisotopic (exact) mass is 923 g/mol. The second kappa shape index (κ2) is 53.9. The van der Waals surface area contributed by atoms with E-state index in [0.717, 1.165) is 148 Å². The Morgan fingerprint density at radius 2 is 0.612 bits per heavy atom. The lowest BCUT2D eigenvalue weighted by molar-refractivity contribution is -0.167. The zero-order chi connectivity index (χ0) is 48.6. The minimum absolute atomic E-state index is 0.110. The first-order valence-corrected chi connectivity index (χ1v) is 26.4. The highest BCUT2D eigenvalue weighted by Gasteiger charge is 2.19. The number of unbranched alkanes of at least 4 members (excludes halogenated alkanes) is 16. The van der Waals surface area contributed by atoms with Gasteiger partial charge in [0.05, 0.1) is 0 Å². The maximum Gasteiger partial charge on any atom is 0.306 e. The van der Waals surface area contributed by atoms with Gasteiger partial charge in [-0.05, 0) is 96.3 Å². The number of hydrogen-bond acceptors (Lipinski definition) is 6. The van der Waals surface area contributed by atoms with E-state index in [0.29, 0.717) is 12.8 Å². The molecule has 0 heterocycles. The first-order valence-electron chi connectivity index (χ1n) is 26.4. The topological polar surface area (TPSA) is 78.9 Å². The van der Waals surface area contributed by atoms with Crippen LogP contribution in [0, 0.1) is 0 Å². The van der Waals surface area contributed by atoms with Crippen molar-refractivity contribution in [1.29, 1.82) is 0 Å². The predicted octanol–water partition coefficient (Wildman–Crippen LogP) is 17.6. The zero-order valence-electron chi connectivity index (χ0n) is 42.6. The molecule has 0 N–H and O–H groups in total. The average molecular weight is 923 g/mol. The van der Waals surface area contributed by atoms with Crippen LogP contribution in [-0.4, -0.2) is 37.2 Å². The molecule has 0 aromatic rings. The summed E-state index contributed by atoms with van der Waals surface area (Å²) in [6, 6.07) is 0. The number of carbonyl (C=O) groups excluding carboxylic acids is 3. The first kappa shape index (κ1) is 62.3. The van der Waals surface area contributed by atoms with E-state index < -0.39 is 6.10 Å². The number of rotatable bonds is 45. The smallest absolute Gasteiger partial charge is 0.306 e. The van der Waals surface area contributed by atoms with Crippen molar-refractivity contribution in [1.82, 2.24) is 0 Å². The van der Waals surface area contributed by atoms with Gasteiger partial charge in [-0.3, -0.25) is 14.4 Å². The van der Waals surface area contributed by atoms with Gasteiger partial charge >= 0.3 is 17.9 Å². The van der Waals surface area contributed by atoms with Gasteiger partial charge in [-0.2, -0.15) is 0 Å². The minimum Gasteiger partial charge on any atom is -0.462 e. The van der Waals surface area contributed by atoms with Crippen molar-refractivity contribution in [2.75, 3.05) is 13.2 Å². The summed E-state index contributed by atoms with van der Waals surface area (Å²) < 4.78 is 16.8. The molecule has 0 aromatic heterocycles. The van der Waals surface area contributed by atoms with Crippen molar-refractivity contribution in [3.63, 3.8) is 0 Å². The summed E-state index contributed by atoms with van der Waals surface area (Å²) in [6.45, 7) is 6.17. The molecule has 6 heteroatoms. The number of hydrogen-bond donors (Lipinski definition) is 0. The van der Waals surface area contributed by atoms with Gasteiger partial charge in [-0.1, -0.05) is 231 Å². The third-order valence-electron chi connectivity index (χ3n) is 10.5. The van der Waals surface area contributed by atoms with Crippen LogP contribution in [0.25, 0.3) is 0 Å². The van der Waals surface area contributed by atoms with Gasteiger partial charge in [0.2, 0.25) is 0 Å². The molecule has 0 aliphatic carbocycles. The van der Waals surface area contributed by atoms with Crippen LogP contribution in [0.1, 0.15) is 201 Å². The number of esters is 3. The van der Waals surface area contributed by atoms with Crippen LogP contribution in [0.2, 0.25) is 0 Å². The molecule has 0 aromatic carbocycles. The van der Waals surface area contributed by atoms with Crippen molar-refractivity contribution >= 4 is 17.9 Å². The molecule has 0 amide bonds. The molecule has 67 heavy (non-hydrogen) atoms. The SMILES string of the molecule is CC\C=C/C=C\C=C/C=C\CCCCCCCC(=O)OCC(COC(=O)CCCCCCCC/C=C\C/C=C\C/C=C\C/C=C\CC)OC(=O)CCCCCCC\C=C/C=C\C=C/C=C\CC. The second-order valence-electron chi connectivity index (χ2n) is 16.8. The molecule has 1 unspecified atom stereocenters. The Labute approximate surface area is 410 Å². The standard InChI is InChI=1S/C61H94O6/c1-4-7-10-13-16-19-22-25-28-29-30-31-34-36-39-42-45-48-51-54-60(63)66-57-58(67-61(64)55-52-49-46-43-40-37-33-27-24-21-18-15-12-9-6-3)56-65-59(62)53-50-47-44-41-38-35-32-26-23-20-17-14-11-8-5-2/h7-12,14-21,23-28,30-33,58H,4-6,13,22,29,34-57H2,1-3H3/b10-7-,11-8-,12-9-,17-14-,18-15-,19-16-,23-20-,24-21-,28-25-,31-30-,32-26-,33-27-. The minimum atomic E-state index is -0.813. The van der Waals surface area contributed by atoms with Gasteiger partial charge in [0, 0.05) is 19.3 Å². The van der Waals surface area contributed by atoms with E-state index in [-0.39, 0.29) is 37.5 Å². The summed E-state index contributed by atoms with van der Waals surface area (Å²) in [5.74, 6) is -0.980. The Hall–Kier alpha value is -4.71. The van der Waals surface area contributed by atoms with E-state index in [1.54, 1.807) is 0 Å². The van der Waals surface area contributed by atoms with Crippen molar-refractivity contribution < 1.29 is 28.6 Å². The van der Waals surface area contributed by atoms with E-state index in [9.17, 15) is 14.4 Å². The largest absolute Gasteiger partial charge is 0.462 e. The number of carbonyl (C=O) groups is 3. The quantitative estimate of drug-likeness (QED) is 0.0199. The number of allylic oxidation sites excluding steroid dienone is 24. The Morgan fingerprint density at radius 3 is 1.01 bits per heavy atom. The summed E-state index contributed by atoms with van der Waals surface area (Å²) in [6.07, 6.45) is 76.8. The molecule has 0 fully saturated rings. The third kappa shape index (κ3) is 52.1. The van der Waals surface area contributed by atoms with E-state index in [4.69, 9.17) is 14.2 Å². The van der Waals surface area contributed by atoms with E-state index >= 15 is 0 Å². The number of ether oxygens (including phenoxy) is 3. The lowest BCUT2D eigenvalue weighted by Crippen LogP contribution is -2.30. The van der Waals surface area contributed by atoms with Gasteiger partial charge in [0.25, 0.3) is 0 Å². The highest BCUT2D eigenvalue weighted by molar-refractivity contribution is 5.71. The normalized spacial score (nSPS) is 13.3. The van der Waals surface area contributed by atoms with Crippen LogP contribution >= 0.6 is 0 Å². The molecule has 0 rings (SSSR count). The molecule has 0 spiro atoms. The Kier molecular flexibility index (Phi) is 50.1. The second-order valence-corrected chi connectivity index (χ2v) is 16.8. The lowest BCUT2D eigenvalue weighted by Gasteiger charge is -2.18. The summed E-state index contributed by atoms with van der Waals surface area (Å²) in [5, 5.41) is 0. The maximum absolute atomic E-state index is 12.8. The van der Waals surface area contributed by atoms with Crippen LogP contribution in [0.3, 0.4) is 0 Å². The molecule has 1 atom stereocenters. The fraction of sp³-hybridized carbons (Fsp3) is 0.557. The summed E-state index contributed by atoms with van der Waals surface area (Å²) >= 11 is 0. The van der Waals surface area contributed by atoms with E-state index in [1.807, 2.05) is 48.6 Å². The van der Waals surface area contributed by atoms with Gasteiger partial charge in [0.1, 0.15) is 13.2 Å². The molecule has 0 aliphatic rings. The predicted molar refractivity (Wildman–Crippen MR) is 288 cm³/mol. The molecule has 374 valence electrons. The molecule has 6 nitrogen and oxygen atoms in total. The molecule has 0 saturated heterocycles.